The molecular formula is C17H17NO5. The lowest BCUT2D eigenvalue weighted by Crippen LogP contribution is -2.14. The van der Waals surface area contributed by atoms with Crippen LogP contribution in [-0.4, -0.2) is 29.1 Å². The summed E-state index contributed by atoms with van der Waals surface area (Å²) in [4.78, 5) is 38.1. The van der Waals surface area contributed by atoms with Crippen molar-refractivity contribution in [3.05, 3.63) is 52.7 Å². The zero-order valence-corrected chi connectivity index (χ0v) is 13.1. The van der Waals surface area contributed by atoms with Gasteiger partial charge >= 0.3 is 5.97 Å². The van der Waals surface area contributed by atoms with E-state index in [1.807, 2.05) is 0 Å². The lowest BCUT2D eigenvalue weighted by Gasteiger charge is -2.01. The van der Waals surface area contributed by atoms with Gasteiger partial charge in [0.1, 0.15) is 5.76 Å². The molecule has 0 radical (unpaired) electrons. The Kier molecular flexibility index (Phi) is 4.95. The molecule has 0 unspecified atom stereocenters. The van der Waals surface area contributed by atoms with Crippen molar-refractivity contribution in [3.8, 4) is 0 Å². The van der Waals surface area contributed by atoms with Gasteiger partial charge in [-0.3, -0.25) is 9.59 Å². The van der Waals surface area contributed by atoms with E-state index in [0.717, 1.165) is 0 Å². The van der Waals surface area contributed by atoms with Gasteiger partial charge in [0.25, 0.3) is 0 Å². The van der Waals surface area contributed by atoms with Gasteiger partial charge in [-0.25, -0.2) is 4.79 Å². The summed E-state index contributed by atoms with van der Waals surface area (Å²) in [6.45, 7) is 4.45. The summed E-state index contributed by atoms with van der Waals surface area (Å²) in [5.74, 6) is -0.649. The highest BCUT2D eigenvalue weighted by atomic mass is 16.5. The molecule has 0 fully saturated rings. The Morgan fingerprint density at radius 3 is 2.61 bits per heavy atom. The van der Waals surface area contributed by atoms with Gasteiger partial charge in [0.15, 0.2) is 12.4 Å². The molecule has 0 aromatic carbocycles. The molecule has 0 bridgehead atoms. The number of carbonyl (C=O) groups is 3. The van der Waals surface area contributed by atoms with E-state index in [9.17, 15) is 14.4 Å². The van der Waals surface area contributed by atoms with E-state index in [4.69, 9.17) is 9.15 Å². The molecule has 1 N–H and O–H groups in total. The van der Waals surface area contributed by atoms with Crippen LogP contribution in [0.15, 0.2) is 28.9 Å². The van der Waals surface area contributed by atoms with Crippen molar-refractivity contribution < 1.29 is 23.5 Å². The number of ketones is 2. The van der Waals surface area contributed by atoms with Crippen LogP contribution in [0.3, 0.4) is 0 Å². The molecule has 2 aromatic heterocycles. The Morgan fingerprint density at radius 2 is 2.04 bits per heavy atom. The van der Waals surface area contributed by atoms with Crippen molar-refractivity contribution in [3.63, 3.8) is 0 Å². The van der Waals surface area contributed by atoms with E-state index < -0.39 is 18.4 Å². The lowest BCUT2D eigenvalue weighted by molar-refractivity contribution is -0.136. The van der Waals surface area contributed by atoms with E-state index >= 15 is 0 Å². The van der Waals surface area contributed by atoms with Gasteiger partial charge in [0, 0.05) is 17.3 Å². The maximum absolute atomic E-state index is 12.1. The van der Waals surface area contributed by atoms with Gasteiger partial charge in [0.05, 0.1) is 12.0 Å². The Morgan fingerprint density at radius 1 is 1.30 bits per heavy atom. The fraction of sp³-hybridized carbons (Fsp3) is 0.235. The monoisotopic (exact) mass is 315 g/mol. The first-order valence-corrected chi connectivity index (χ1v) is 7.01. The average Bonchev–Trinajstić information content (AvgIpc) is 3.10. The minimum absolute atomic E-state index is 0.117. The van der Waals surface area contributed by atoms with E-state index in [0.29, 0.717) is 22.6 Å². The van der Waals surface area contributed by atoms with Crippen molar-refractivity contribution in [2.45, 2.75) is 20.8 Å². The number of furan rings is 1. The number of esters is 1. The normalized spacial score (nSPS) is 10.9. The second-order valence-corrected chi connectivity index (χ2v) is 5.06. The molecule has 0 saturated carbocycles. The summed E-state index contributed by atoms with van der Waals surface area (Å²) in [6, 6.07) is 3.38. The summed E-state index contributed by atoms with van der Waals surface area (Å²) in [5.41, 5.74) is 1.98. The van der Waals surface area contributed by atoms with Gasteiger partial charge in [-0.1, -0.05) is 0 Å². The molecule has 0 saturated heterocycles. The Hall–Kier alpha value is -2.89. The Bertz CT molecular complexity index is 765. The molecule has 6 nitrogen and oxygen atoms in total. The summed E-state index contributed by atoms with van der Waals surface area (Å²) in [5, 5.41) is 0. The topological polar surface area (TPSA) is 89.4 Å². The number of Topliss-reactive ketones (excluding diaryl/α,β-unsaturated/α-hetero) is 2. The van der Waals surface area contributed by atoms with Crippen LogP contribution >= 0.6 is 0 Å². The van der Waals surface area contributed by atoms with Gasteiger partial charge < -0.3 is 14.1 Å². The number of rotatable bonds is 6. The standard InChI is InChI=1S/C17H17NO5/c1-10-16(12(3)19)11(2)18-17(10)14(20)9-23-15(21)7-6-13-5-4-8-22-13/h4-8,18H,9H2,1-3H3. The fourth-order valence-electron chi connectivity index (χ4n) is 2.35. The SMILES string of the molecule is CC(=O)c1c(C)[nH]c(C(=O)COC(=O)C=Cc2ccco2)c1C. The molecule has 0 amide bonds. The predicted molar refractivity (Wildman–Crippen MR) is 83.3 cm³/mol. The minimum Gasteiger partial charge on any atom is -0.465 e. The number of nitrogens with one attached hydrogen (secondary N) is 1. The molecule has 0 aliphatic carbocycles. The van der Waals surface area contributed by atoms with Crippen LogP contribution in [0.5, 0.6) is 0 Å². The number of H-pyrrole nitrogens is 1. The molecule has 0 aliphatic heterocycles. The number of aromatic nitrogens is 1. The molecule has 0 spiro atoms. The third-order valence-corrected chi connectivity index (χ3v) is 3.34. The molecule has 0 atom stereocenters. The first-order chi connectivity index (χ1) is 10.9. The van der Waals surface area contributed by atoms with Gasteiger partial charge in [0.2, 0.25) is 5.78 Å². The number of ether oxygens (including phenoxy) is 1. The molecule has 23 heavy (non-hydrogen) atoms. The zero-order chi connectivity index (χ0) is 17.0. The van der Waals surface area contributed by atoms with Crippen LogP contribution in [0.4, 0.5) is 0 Å². The molecule has 120 valence electrons. The first kappa shape index (κ1) is 16.5. The van der Waals surface area contributed by atoms with Crippen LogP contribution in [0.25, 0.3) is 6.08 Å². The first-order valence-electron chi connectivity index (χ1n) is 7.01. The van der Waals surface area contributed by atoms with Gasteiger partial charge in [-0.2, -0.15) is 0 Å². The summed E-state index contributed by atoms with van der Waals surface area (Å²) in [6.07, 6.45) is 4.11. The predicted octanol–water partition coefficient (Wildman–Crippen LogP) is 2.87. The highest BCUT2D eigenvalue weighted by molar-refractivity contribution is 6.04. The summed E-state index contributed by atoms with van der Waals surface area (Å²) >= 11 is 0. The highest BCUT2D eigenvalue weighted by Crippen LogP contribution is 2.19. The number of aryl methyl sites for hydroxylation is 1. The average molecular weight is 315 g/mol. The van der Waals surface area contributed by atoms with Crippen molar-refractivity contribution in [1.29, 1.82) is 0 Å². The number of carbonyl (C=O) groups excluding carboxylic acids is 3. The summed E-state index contributed by atoms with van der Waals surface area (Å²) < 4.78 is 9.93. The summed E-state index contributed by atoms with van der Waals surface area (Å²) in [7, 11) is 0. The van der Waals surface area contributed by atoms with E-state index in [1.54, 1.807) is 26.0 Å². The van der Waals surface area contributed by atoms with E-state index in [1.165, 1.54) is 25.3 Å². The van der Waals surface area contributed by atoms with Crippen LogP contribution in [0.1, 0.15) is 44.8 Å². The van der Waals surface area contributed by atoms with Crippen molar-refractivity contribution >= 4 is 23.6 Å². The largest absolute Gasteiger partial charge is 0.465 e. The molecule has 2 heterocycles. The maximum Gasteiger partial charge on any atom is 0.331 e. The van der Waals surface area contributed by atoms with Crippen LogP contribution in [0, 0.1) is 13.8 Å². The smallest absolute Gasteiger partial charge is 0.331 e. The van der Waals surface area contributed by atoms with E-state index in [-0.39, 0.29) is 11.5 Å². The molecular weight excluding hydrogens is 298 g/mol. The second kappa shape index (κ2) is 6.91. The number of hydrogen-bond donors (Lipinski definition) is 1. The highest BCUT2D eigenvalue weighted by Gasteiger charge is 2.20. The molecule has 6 heteroatoms. The number of hydrogen-bond acceptors (Lipinski definition) is 5. The van der Waals surface area contributed by atoms with Crippen molar-refractivity contribution in [2.75, 3.05) is 6.61 Å². The lowest BCUT2D eigenvalue weighted by atomic mass is 10.1. The van der Waals surface area contributed by atoms with Gasteiger partial charge in [-0.15, -0.1) is 0 Å². The van der Waals surface area contributed by atoms with Gasteiger partial charge in [-0.05, 0) is 44.5 Å². The van der Waals surface area contributed by atoms with Crippen LogP contribution in [-0.2, 0) is 9.53 Å². The third kappa shape index (κ3) is 3.85. The molecule has 0 aliphatic rings. The quantitative estimate of drug-likeness (QED) is 0.503. The minimum atomic E-state index is -0.650. The van der Waals surface area contributed by atoms with Crippen molar-refractivity contribution in [1.82, 2.24) is 4.98 Å². The maximum atomic E-state index is 12.1. The van der Waals surface area contributed by atoms with Crippen LogP contribution < -0.4 is 0 Å². The second-order valence-electron chi connectivity index (χ2n) is 5.06. The van der Waals surface area contributed by atoms with E-state index in [2.05, 4.69) is 4.98 Å². The Labute approximate surface area is 133 Å². The van der Waals surface area contributed by atoms with Crippen molar-refractivity contribution in [2.24, 2.45) is 0 Å². The Balaban J connectivity index is 1.99. The number of aromatic amines is 1. The zero-order valence-electron chi connectivity index (χ0n) is 13.1. The molecule has 2 aromatic rings. The molecule has 2 rings (SSSR count). The third-order valence-electron chi connectivity index (χ3n) is 3.34. The fourth-order valence-corrected chi connectivity index (χ4v) is 2.35. The van der Waals surface area contributed by atoms with Crippen LogP contribution in [0.2, 0.25) is 0 Å².